The van der Waals surface area contributed by atoms with Crippen LogP contribution in [0, 0.1) is 11.3 Å². The molecule has 0 bridgehead atoms. The maximum absolute atomic E-state index is 13.0. The number of nitriles is 1. The summed E-state index contributed by atoms with van der Waals surface area (Å²) in [5.74, 6) is 0.534. The highest BCUT2D eigenvalue weighted by Crippen LogP contribution is 2.35. The Kier molecular flexibility index (Phi) is 9.40. The smallest absolute Gasteiger partial charge is 0.251 e. The molecule has 0 radical (unpaired) electrons. The molecule has 3 rings (SSSR count). The van der Waals surface area contributed by atoms with E-state index in [-0.39, 0.29) is 22.5 Å². The Bertz CT molecular complexity index is 1220. The minimum absolute atomic E-state index is 0.0369. The molecule has 1 atom stereocenters. The molecule has 0 saturated carbocycles. The Morgan fingerprint density at radius 1 is 1.17 bits per heavy atom. The number of carbonyl (C=O) groups excluding carboxylic acids is 1. The van der Waals surface area contributed by atoms with Gasteiger partial charge in [-0.15, -0.1) is 0 Å². The minimum Gasteiger partial charge on any atom is -0.454 e. The summed E-state index contributed by atoms with van der Waals surface area (Å²) in [6, 6.07) is 14.3. The SMILES string of the molecule is CCCC(CC(C)(C)NCC)NC(=O)c1ccc(Oc2cccc(-c3ccnnc3)c2C#N)c(Cl)c1. The molecule has 1 unspecified atom stereocenters. The van der Waals surface area contributed by atoms with Crippen molar-refractivity contribution in [3.63, 3.8) is 0 Å². The number of halogens is 1. The normalized spacial score (nSPS) is 12.0. The largest absolute Gasteiger partial charge is 0.454 e. The number of amides is 1. The molecule has 2 aromatic carbocycles. The van der Waals surface area contributed by atoms with Crippen molar-refractivity contribution < 1.29 is 9.53 Å². The van der Waals surface area contributed by atoms with Crippen LogP contribution < -0.4 is 15.4 Å². The van der Waals surface area contributed by atoms with Crippen LogP contribution in [-0.2, 0) is 0 Å². The molecule has 2 N–H and O–H groups in total. The maximum Gasteiger partial charge on any atom is 0.251 e. The van der Waals surface area contributed by atoms with E-state index in [9.17, 15) is 10.1 Å². The van der Waals surface area contributed by atoms with E-state index in [1.54, 1.807) is 48.8 Å². The fourth-order valence-electron chi connectivity index (χ4n) is 4.27. The maximum atomic E-state index is 13.0. The number of hydrogen-bond acceptors (Lipinski definition) is 6. The van der Waals surface area contributed by atoms with Crippen LogP contribution in [0.4, 0.5) is 0 Å². The van der Waals surface area contributed by atoms with Crippen LogP contribution >= 0.6 is 11.6 Å². The van der Waals surface area contributed by atoms with Gasteiger partial charge < -0.3 is 15.4 Å². The number of rotatable bonds is 11. The van der Waals surface area contributed by atoms with Gasteiger partial charge in [0.25, 0.3) is 5.91 Å². The fraction of sp³-hybridized carbons (Fsp3) is 0.357. The fourth-order valence-corrected chi connectivity index (χ4v) is 4.49. The van der Waals surface area contributed by atoms with Crippen molar-refractivity contribution in [2.45, 2.75) is 58.5 Å². The molecule has 0 spiro atoms. The molecule has 8 heteroatoms. The number of ether oxygens (including phenoxy) is 1. The second kappa shape index (κ2) is 12.5. The second-order valence-electron chi connectivity index (χ2n) is 9.25. The molecule has 1 heterocycles. The van der Waals surface area contributed by atoms with Gasteiger partial charge in [0.05, 0.1) is 17.4 Å². The van der Waals surface area contributed by atoms with E-state index >= 15 is 0 Å². The molecule has 188 valence electrons. The van der Waals surface area contributed by atoms with E-state index in [0.29, 0.717) is 28.2 Å². The molecular formula is C28H32ClN5O2. The lowest BCUT2D eigenvalue weighted by atomic mass is 9.92. The van der Waals surface area contributed by atoms with Crippen molar-refractivity contribution in [3.8, 4) is 28.7 Å². The third-order valence-corrected chi connectivity index (χ3v) is 6.13. The van der Waals surface area contributed by atoms with Gasteiger partial charge in [0.15, 0.2) is 0 Å². The molecule has 0 saturated heterocycles. The lowest BCUT2D eigenvalue weighted by molar-refractivity contribution is 0.0926. The number of hydrogen-bond donors (Lipinski definition) is 2. The minimum atomic E-state index is -0.181. The van der Waals surface area contributed by atoms with Gasteiger partial charge in [0.2, 0.25) is 0 Å². The number of nitrogens with one attached hydrogen (secondary N) is 2. The molecule has 36 heavy (non-hydrogen) atoms. The van der Waals surface area contributed by atoms with Crippen LogP contribution in [0.5, 0.6) is 11.5 Å². The van der Waals surface area contributed by atoms with Crippen LogP contribution in [0.2, 0.25) is 5.02 Å². The second-order valence-corrected chi connectivity index (χ2v) is 9.65. The Labute approximate surface area is 217 Å². The summed E-state index contributed by atoms with van der Waals surface area (Å²) >= 11 is 6.50. The van der Waals surface area contributed by atoms with Crippen LogP contribution in [0.3, 0.4) is 0 Å². The molecule has 1 amide bonds. The predicted octanol–water partition coefficient (Wildman–Crippen LogP) is 6.14. The van der Waals surface area contributed by atoms with Crippen LogP contribution in [0.15, 0.2) is 54.9 Å². The van der Waals surface area contributed by atoms with E-state index in [1.165, 1.54) is 0 Å². The Hall–Kier alpha value is -3.47. The number of benzene rings is 2. The van der Waals surface area contributed by atoms with E-state index < -0.39 is 0 Å². The third kappa shape index (κ3) is 7.03. The first-order valence-electron chi connectivity index (χ1n) is 12.1. The Balaban J connectivity index is 1.79. The summed E-state index contributed by atoms with van der Waals surface area (Å²) in [5.41, 5.74) is 2.15. The molecule has 0 fully saturated rings. The zero-order valence-corrected chi connectivity index (χ0v) is 21.9. The highest BCUT2D eigenvalue weighted by atomic mass is 35.5. The van der Waals surface area contributed by atoms with E-state index in [2.05, 4.69) is 54.6 Å². The monoisotopic (exact) mass is 505 g/mol. The van der Waals surface area contributed by atoms with Crippen molar-refractivity contribution in [1.82, 2.24) is 20.8 Å². The molecule has 0 aliphatic heterocycles. The molecular weight excluding hydrogens is 474 g/mol. The standard InChI is InChI=1S/C28H32ClN5O2/c1-5-8-21(16-28(3,4)31-6-2)34-27(35)19-11-12-26(24(29)15-19)36-25-10-7-9-22(23(25)17-30)20-13-14-32-33-18-20/h7,9-15,18,21,31H,5-6,8,16H2,1-4H3,(H,34,35). The number of nitrogens with zero attached hydrogens (tertiary/aromatic N) is 3. The van der Waals surface area contributed by atoms with Gasteiger partial charge in [-0.05, 0) is 63.6 Å². The molecule has 0 aliphatic carbocycles. The van der Waals surface area contributed by atoms with Gasteiger partial charge in [-0.3, -0.25) is 4.79 Å². The van der Waals surface area contributed by atoms with E-state index in [4.69, 9.17) is 16.3 Å². The first-order valence-corrected chi connectivity index (χ1v) is 12.5. The van der Waals surface area contributed by atoms with Crippen LogP contribution in [-0.4, -0.2) is 34.2 Å². The van der Waals surface area contributed by atoms with Gasteiger partial charge in [-0.25, -0.2) is 0 Å². The summed E-state index contributed by atoms with van der Waals surface area (Å²) in [7, 11) is 0. The lowest BCUT2D eigenvalue weighted by Crippen LogP contribution is -2.46. The van der Waals surface area contributed by atoms with Crippen LogP contribution in [0.1, 0.15) is 62.9 Å². The average Bonchev–Trinajstić information content (AvgIpc) is 2.85. The van der Waals surface area contributed by atoms with Gasteiger partial charge in [0.1, 0.15) is 23.1 Å². The number of carbonyl (C=O) groups is 1. The summed E-state index contributed by atoms with van der Waals surface area (Å²) in [4.78, 5) is 13.0. The Morgan fingerprint density at radius 3 is 2.61 bits per heavy atom. The van der Waals surface area contributed by atoms with Crippen molar-refractivity contribution in [2.75, 3.05) is 6.54 Å². The topological polar surface area (TPSA) is 99.9 Å². The van der Waals surface area contributed by atoms with Crippen LogP contribution in [0.25, 0.3) is 11.1 Å². The lowest BCUT2D eigenvalue weighted by Gasteiger charge is -2.31. The average molecular weight is 506 g/mol. The zero-order chi connectivity index (χ0) is 26.1. The summed E-state index contributed by atoms with van der Waals surface area (Å²) in [6.45, 7) is 9.34. The van der Waals surface area contributed by atoms with Crippen molar-refractivity contribution in [3.05, 3.63) is 71.0 Å². The van der Waals surface area contributed by atoms with Crippen molar-refractivity contribution in [1.29, 1.82) is 5.26 Å². The highest BCUT2D eigenvalue weighted by molar-refractivity contribution is 6.32. The van der Waals surface area contributed by atoms with E-state index in [1.807, 2.05) is 6.07 Å². The summed E-state index contributed by atoms with van der Waals surface area (Å²) < 4.78 is 6.01. The van der Waals surface area contributed by atoms with Crippen molar-refractivity contribution in [2.24, 2.45) is 0 Å². The summed E-state index contributed by atoms with van der Waals surface area (Å²) in [5, 5.41) is 24.4. The first kappa shape index (κ1) is 27.1. The highest BCUT2D eigenvalue weighted by Gasteiger charge is 2.24. The summed E-state index contributed by atoms with van der Waals surface area (Å²) in [6.07, 6.45) is 5.82. The van der Waals surface area contributed by atoms with E-state index in [0.717, 1.165) is 31.4 Å². The molecule has 1 aromatic heterocycles. The van der Waals surface area contributed by atoms with Crippen molar-refractivity contribution >= 4 is 17.5 Å². The van der Waals surface area contributed by atoms with Gasteiger partial charge in [-0.2, -0.15) is 15.5 Å². The number of aromatic nitrogens is 2. The molecule has 0 aliphatic rings. The zero-order valence-electron chi connectivity index (χ0n) is 21.1. The predicted molar refractivity (Wildman–Crippen MR) is 142 cm³/mol. The molecule has 7 nitrogen and oxygen atoms in total. The third-order valence-electron chi connectivity index (χ3n) is 5.83. The van der Waals surface area contributed by atoms with Gasteiger partial charge in [0, 0.05) is 28.3 Å². The molecule has 3 aromatic rings. The first-order chi connectivity index (χ1) is 17.3. The van der Waals surface area contributed by atoms with Gasteiger partial charge in [-0.1, -0.05) is 44.0 Å². The Morgan fingerprint density at radius 2 is 1.97 bits per heavy atom. The van der Waals surface area contributed by atoms with Gasteiger partial charge >= 0.3 is 0 Å². The quantitative estimate of drug-likeness (QED) is 0.325.